The molecule has 114 valence electrons. The Balaban J connectivity index is 1.73. The van der Waals surface area contributed by atoms with Crippen molar-refractivity contribution < 1.29 is 9.59 Å². The first-order chi connectivity index (χ1) is 10.1. The van der Waals surface area contributed by atoms with Gasteiger partial charge in [0.05, 0.1) is 11.4 Å². The molecule has 21 heavy (non-hydrogen) atoms. The van der Waals surface area contributed by atoms with Crippen molar-refractivity contribution in [3.63, 3.8) is 0 Å². The summed E-state index contributed by atoms with van der Waals surface area (Å²) >= 11 is 0. The number of para-hydroxylation sites is 2. The lowest BCUT2D eigenvalue weighted by atomic mass is 9.96. The molecule has 1 saturated heterocycles. The Morgan fingerprint density at radius 1 is 1.24 bits per heavy atom. The number of amides is 2. The van der Waals surface area contributed by atoms with Gasteiger partial charge >= 0.3 is 0 Å². The number of hydrogen-bond acceptors (Lipinski definition) is 4. The van der Waals surface area contributed by atoms with Crippen LogP contribution in [0.4, 0.5) is 11.4 Å². The largest absolute Gasteiger partial charge is 0.397 e. The van der Waals surface area contributed by atoms with Crippen LogP contribution in [0, 0.1) is 5.92 Å². The average molecular weight is 290 g/mol. The quantitative estimate of drug-likeness (QED) is 0.698. The number of nitrogen functional groups attached to an aromatic ring is 1. The highest BCUT2D eigenvalue weighted by atomic mass is 16.2. The van der Waals surface area contributed by atoms with Gasteiger partial charge in [0.1, 0.15) is 0 Å². The summed E-state index contributed by atoms with van der Waals surface area (Å²) in [6, 6.07) is 7.20. The van der Waals surface area contributed by atoms with Crippen LogP contribution in [0.5, 0.6) is 0 Å². The van der Waals surface area contributed by atoms with Crippen molar-refractivity contribution in [2.24, 2.45) is 11.7 Å². The lowest BCUT2D eigenvalue weighted by molar-refractivity contribution is -0.123. The first-order valence-electron chi connectivity index (χ1n) is 7.22. The molecule has 0 atom stereocenters. The van der Waals surface area contributed by atoms with Crippen LogP contribution in [-0.2, 0) is 9.59 Å². The van der Waals surface area contributed by atoms with E-state index in [4.69, 9.17) is 11.5 Å². The molecule has 0 radical (unpaired) electrons. The number of carbonyl (C=O) groups excluding carboxylic acids is 2. The van der Waals surface area contributed by atoms with Crippen LogP contribution in [0.25, 0.3) is 0 Å². The molecule has 1 heterocycles. The maximum Gasteiger partial charge on any atom is 0.225 e. The van der Waals surface area contributed by atoms with E-state index >= 15 is 0 Å². The minimum Gasteiger partial charge on any atom is -0.397 e. The number of nitrogens with one attached hydrogen (secondary N) is 1. The van der Waals surface area contributed by atoms with E-state index in [0.717, 1.165) is 25.9 Å². The van der Waals surface area contributed by atoms with Gasteiger partial charge in [0, 0.05) is 18.9 Å². The molecule has 0 bridgehead atoms. The highest BCUT2D eigenvalue weighted by Crippen LogP contribution is 2.18. The Kier molecular flexibility index (Phi) is 5.16. The number of carbonyl (C=O) groups is 2. The lowest BCUT2D eigenvalue weighted by Gasteiger charge is -2.30. The summed E-state index contributed by atoms with van der Waals surface area (Å²) in [5.74, 6) is -0.281. The van der Waals surface area contributed by atoms with E-state index in [9.17, 15) is 9.59 Å². The Labute approximate surface area is 124 Å². The van der Waals surface area contributed by atoms with Gasteiger partial charge in [0.25, 0.3) is 0 Å². The zero-order chi connectivity index (χ0) is 15.2. The van der Waals surface area contributed by atoms with E-state index in [1.54, 1.807) is 12.1 Å². The third-order valence-electron chi connectivity index (χ3n) is 3.88. The monoisotopic (exact) mass is 290 g/mol. The molecule has 1 aliphatic heterocycles. The van der Waals surface area contributed by atoms with Crippen LogP contribution in [0.1, 0.15) is 19.3 Å². The third kappa shape index (κ3) is 4.46. The standard InChI is InChI=1S/C15H22N4O2/c16-12-3-1-2-4-13(12)18-14(20)7-10-19-8-5-11(6-9-19)15(17)21/h1-4,11H,5-10,16H2,(H2,17,21)(H,18,20). The van der Waals surface area contributed by atoms with Crippen LogP contribution >= 0.6 is 0 Å². The van der Waals surface area contributed by atoms with Gasteiger partial charge in [-0.05, 0) is 38.1 Å². The van der Waals surface area contributed by atoms with Gasteiger partial charge < -0.3 is 21.7 Å². The van der Waals surface area contributed by atoms with Crippen LogP contribution in [0.15, 0.2) is 24.3 Å². The van der Waals surface area contributed by atoms with Crippen molar-refractivity contribution >= 4 is 23.2 Å². The van der Waals surface area contributed by atoms with Crippen molar-refractivity contribution in [2.45, 2.75) is 19.3 Å². The molecule has 1 aromatic rings. The number of piperidine rings is 1. The predicted octanol–water partition coefficient (Wildman–Crippen LogP) is 0.795. The van der Waals surface area contributed by atoms with Crippen LogP contribution in [0.3, 0.4) is 0 Å². The summed E-state index contributed by atoms with van der Waals surface area (Å²) in [5.41, 5.74) is 12.3. The molecule has 6 nitrogen and oxygen atoms in total. The molecule has 6 heteroatoms. The first kappa shape index (κ1) is 15.3. The minimum absolute atomic E-state index is 0.0146. The molecule has 0 saturated carbocycles. The minimum atomic E-state index is -0.216. The molecule has 1 aliphatic rings. The third-order valence-corrected chi connectivity index (χ3v) is 3.88. The number of nitrogens with zero attached hydrogens (tertiary/aromatic N) is 1. The maximum absolute atomic E-state index is 11.9. The molecule has 0 spiro atoms. The Morgan fingerprint density at radius 3 is 2.52 bits per heavy atom. The fourth-order valence-electron chi connectivity index (χ4n) is 2.52. The van der Waals surface area contributed by atoms with Crippen molar-refractivity contribution in [3.8, 4) is 0 Å². The normalized spacial score (nSPS) is 16.6. The van der Waals surface area contributed by atoms with Gasteiger partial charge in [-0.2, -0.15) is 0 Å². The predicted molar refractivity (Wildman–Crippen MR) is 82.5 cm³/mol. The summed E-state index contributed by atoms with van der Waals surface area (Å²) in [4.78, 5) is 25.2. The molecular formula is C15H22N4O2. The van der Waals surface area contributed by atoms with Crippen molar-refractivity contribution in [1.82, 2.24) is 4.90 Å². The summed E-state index contributed by atoms with van der Waals surface area (Å²) in [6.07, 6.45) is 1.97. The highest BCUT2D eigenvalue weighted by Gasteiger charge is 2.23. The molecule has 2 amide bonds. The van der Waals surface area contributed by atoms with E-state index in [-0.39, 0.29) is 17.7 Å². The second-order valence-electron chi connectivity index (χ2n) is 5.40. The van der Waals surface area contributed by atoms with Gasteiger partial charge in [0.15, 0.2) is 0 Å². The molecule has 5 N–H and O–H groups in total. The summed E-state index contributed by atoms with van der Waals surface area (Å²) in [6.45, 7) is 2.31. The molecule has 0 aromatic heterocycles. The zero-order valence-corrected chi connectivity index (χ0v) is 12.0. The number of rotatable bonds is 5. The highest BCUT2D eigenvalue weighted by molar-refractivity contribution is 5.93. The Hall–Kier alpha value is -2.08. The maximum atomic E-state index is 11.9. The van der Waals surface area contributed by atoms with Crippen LogP contribution in [-0.4, -0.2) is 36.3 Å². The lowest BCUT2D eigenvalue weighted by Crippen LogP contribution is -2.39. The van der Waals surface area contributed by atoms with Crippen molar-refractivity contribution in [1.29, 1.82) is 0 Å². The fraction of sp³-hybridized carbons (Fsp3) is 0.467. The van der Waals surface area contributed by atoms with E-state index in [1.807, 2.05) is 12.1 Å². The van der Waals surface area contributed by atoms with Gasteiger partial charge in [0.2, 0.25) is 11.8 Å². The molecule has 1 fully saturated rings. The van der Waals surface area contributed by atoms with Gasteiger partial charge in [-0.1, -0.05) is 12.1 Å². The number of primary amides is 1. The Bertz CT molecular complexity index is 510. The number of hydrogen-bond donors (Lipinski definition) is 3. The molecule has 0 unspecified atom stereocenters. The van der Waals surface area contributed by atoms with Crippen molar-refractivity contribution in [3.05, 3.63) is 24.3 Å². The Morgan fingerprint density at radius 2 is 1.90 bits per heavy atom. The van der Waals surface area contributed by atoms with E-state index in [0.29, 0.717) is 24.3 Å². The summed E-state index contributed by atoms with van der Waals surface area (Å²) in [7, 11) is 0. The SMILES string of the molecule is NC(=O)C1CCN(CCC(=O)Nc2ccccc2N)CC1. The second kappa shape index (κ2) is 7.08. The molecule has 1 aromatic carbocycles. The molecule has 0 aliphatic carbocycles. The number of likely N-dealkylation sites (tertiary alicyclic amines) is 1. The molecular weight excluding hydrogens is 268 g/mol. The van der Waals surface area contributed by atoms with E-state index in [2.05, 4.69) is 10.2 Å². The summed E-state index contributed by atoms with van der Waals surface area (Å²) in [5, 5.41) is 2.81. The first-order valence-corrected chi connectivity index (χ1v) is 7.22. The number of benzene rings is 1. The van der Waals surface area contributed by atoms with Crippen LogP contribution in [0.2, 0.25) is 0 Å². The van der Waals surface area contributed by atoms with E-state index in [1.165, 1.54) is 0 Å². The smallest absolute Gasteiger partial charge is 0.225 e. The average Bonchev–Trinajstić information content (AvgIpc) is 2.48. The van der Waals surface area contributed by atoms with Crippen LogP contribution < -0.4 is 16.8 Å². The number of anilines is 2. The zero-order valence-electron chi connectivity index (χ0n) is 12.0. The van der Waals surface area contributed by atoms with E-state index < -0.39 is 0 Å². The topological polar surface area (TPSA) is 101 Å². The second-order valence-corrected chi connectivity index (χ2v) is 5.40. The number of nitrogens with two attached hydrogens (primary N) is 2. The fourth-order valence-corrected chi connectivity index (χ4v) is 2.52. The molecule has 2 rings (SSSR count). The van der Waals surface area contributed by atoms with Gasteiger partial charge in [-0.15, -0.1) is 0 Å². The van der Waals surface area contributed by atoms with Gasteiger partial charge in [-0.25, -0.2) is 0 Å². The van der Waals surface area contributed by atoms with Crippen molar-refractivity contribution in [2.75, 3.05) is 30.7 Å². The summed E-state index contributed by atoms with van der Waals surface area (Å²) < 4.78 is 0. The van der Waals surface area contributed by atoms with Gasteiger partial charge in [-0.3, -0.25) is 9.59 Å².